The number of anilines is 3. The molecule has 1 aromatic carbocycles. The van der Waals surface area contributed by atoms with Crippen LogP contribution in [0.4, 0.5) is 22.2 Å². The maximum atomic E-state index is 13.1. The van der Waals surface area contributed by atoms with E-state index in [9.17, 15) is 4.39 Å². The molecular formula is C20H30FN7O2. The highest BCUT2D eigenvalue weighted by atomic mass is 19.1. The highest BCUT2D eigenvalue weighted by Crippen LogP contribution is 2.19. The molecule has 30 heavy (non-hydrogen) atoms. The van der Waals surface area contributed by atoms with Crippen LogP contribution in [0.2, 0.25) is 0 Å². The van der Waals surface area contributed by atoms with Crippen LogP contribution >= 0.6 is 0 Å². The van der Waals surface area contributed by atoms with Crippen molar-refractivity contribution < 1.29 is 13.9 Å². The molecule has 1 aromatic heterocycles. The lowest BCUT2D eigenvalue weighted by Crippen LogP contribution is -2.23. The van der Waals surface area contributed by atoms with E-state index in [4.69, 9.17) is 15.2 Å². The smallest absolute Gasteiger partial charge is 0.231 e. The summed E-state index contributed by atoms with van der Waals surface area (Å²) in [4.78, 5) is 15.7. The van der Waals surface area contributed by atoms with Gasteiger partial charge in [-0.3, -0.25) is 0 Å². The van der Waals surface area contributed by atoms with Gasteiger partial charge in [0.05, 0.1) is 26.4 Å². The van der Waals surface area contributed by atoms with Crippen molar-refractivity contribution in [2.75, 3.05) is 68.1 Å². The van der Waals surface area contributed by atoms with Crippen LogP contribution in [-0.4, -0.2) is 67.6 Å². The lowest BCUT2D eigenvalue weighted by Gasteiger charge is -2.17. The normalized spacial score (nSPS) is 13.6. The summed E-state index contributed by atoms with van der Waals surface area (Å²) in [6.07, 6.45) is 2.26. The Balaban J connectivity index is 1.54. The zero-order valence-electron chi connectivity index (χ0n) is 17.1. The molecule has 0 spiro atoms. The third-order valence-corrected chi connectivity index (χ3v) is 4.54. The lowest BCUT2D eigenvalue weighted by atomic mass is 10.2. The Morgan fingerprint density at radius 2 is 1.57 bits per heavy atom. The first-order valence-corrected chi connectivity index (χ1v) is 10.3. The number of aromatic nitrogens is 3. The van der Waals surface area contributed by atoms with Gasteiger partial charge >= 0.3 is 0 Å². The van der Waals surface area contributed by atoms with E-state index in [1.807, 2.05) is 0 Å². The maximum absolute atomic E-state index is 13.1. The molecule has 1 saturated heterocycles. The summed E-state index contributed by atoms with van der Waals surface area (Å²) in [5.41, 5.74) is 6.31. The van der Waals surface area contributed by atoms with Crippen molar-refractivity contribution in [1.29, 1.82) is 0 Å². The van der Waals surface area contributed by atoms with Gasteiger partial charge in [-0.1, -0.05) is 12.1 Å². The van der Waals surface area contributed by atoms with Gasteiger partial charge in [0.1, 0.15) is 5.82 Å². The SMILES string of the molecule is NCCOCCOCCNc1nc(NCc2ccc(F)cc2)nc(N2CCCC2)n1. The van der Waals surface area contributed by atoms with Crippen LogP contribution in [0, 0.1) is 5.82 Å². The van der Waals surface area contributed by atoms with E-state index >= 15 is 0 Å². The zero-order chi connectivity index (χ0) is 21.0. The fraction of sp³-hybridized carbons (Fsp3) is 0.550. The molecule has 2 heterocycles. The fourth-order valence-electron chi connectivity index (χ4n) is 3.01. The minimum atomic E-state index is -0.255. The predicted octanol–water partition coefficient (Wildman–Crippen LogP) is 1.63. The largest absolute Gasteiger partial charge is 0.378 e. The second kappa shape index (κ2) is 12.2. The van der Waals surface area contributed by atoms with Crippen molar-refractivity contribution in [1.82, 2.24) is 15.0 Å². The van der Waals surface area contributed by atoms with Crippen LogP contribution in [-0.2, 0) is 16.0 Å². The van der Waals surface area contributed by atoms with Gasteiger partial charge in [0.25, 0.3) is 0 Å². The molecular weight excluding hydrogens is 389 g/mol. The Morgan fingerprint density at radius 1 is 0.900 bits per heavy atom. The highest BCUT2D eigenvalue weighted by Gasteiger charge is 2.17. The molecule has 1 aliphatic rings. The average molecular weight is 420 g/mol. The molecule has 0 atom stereocenters. The van der Waals surface area contributed by atoms with Crippen molar-refractivity contribution in [3.8, 4) is 0 Å². The minimum Gasteiger partial charge on any atom is -0.378 e. The summed E-state index contributed by atoms with van der Waals surface area (Å²) in [6, 6.07) is 6.35. The quantitative estimate of drug-likeness (QED) is 0.417. The van der Waals surface area contributed by atoms with Gasteiger partial charge in [-0.15, -0.1) is 0 Å². The number of nitrogens with two attached hydrogens (primary N) is 1. The Kier molecular flexibility index (Phi) is 9.01. The van der Waals surface area contributed by atoms with Crippen molar-refractivity contribution in [2.24, 2.45) is 5.73 Å². The number of hydrogen-bond acceptors (Lipinski definition) is 9. The van der Waals surface area contributed by atoms with E-state index in [0.29, 0.717) is 63.9 Å². The molecule has 2 aromatic rings. The molecule has 1 fully saturated rings. The van der Waals surface area contributed by atoms with Crippen LogP contribution < -0.4 is 21.3 Å². The predicted molar refractivity (Wildman–Crippen MR) is 114 cm³/mol. The fourth-order valence-corrected chi connectivity index (χ4v) is 3.01. The van der Waals surface area contributed by atoms with E-state index in [1.54, 1.807) is 12.1 Å². The van der Waals surface area contributed by atoms with E-state index in [1.165, 1.54) is 12.1 Å². The number of benzene rings is 1. The third kappa shape index (κ3) is 7.36. The second-order valence-electron chi connectivity index (χ2n) is 6.90. The van der Waals surface area contributed by atoms with Crippen LogP contribution in [0.3, 0.4) is 0 Å². The van der Waals surface area contributed by atoms with Gasteiger partial charge in [0, 0.05) is 32.7 Å². The van der Waals surface area contributed by atoms with E-state index in [-0.39, 0.29) is 5.82 Å². The number of halogens is 1. The highest BCUT2D eigenvalue weighted by molar-refractivity contribution is 5.44. The summed E-state index contributed by atoms with van der Waals surface area (Å²) in [5, 5.41) is 6.40. The summed E-state index contributed by atoms with van der Waals surface area (Å²) in [6.45, 7) is 5.54. The average Bonchev–Trinajstić information content (AvgIpc) is 3.30. The number of nitrogens with one attached hydrogen (secondary N) is 2. The van der Waals surface area contributed by atoms with Gasteiger partial charge < -0.3 is 30.7 Å². The van der Waals surface area contributed by atoms with Gasteiger partial charge in [-0.05, 0) is 30.5 Å². The molecule has 4 N–H and O–H groups in total. The van der Waals surface area contributed by atoms with E-state index in [0.717, 1.165) is 31.5 Å². The topological polar surface area (TPSA) is 110 Å². The van der Waals surface area contributed by atoms with E-state index in [2.05, 4.69) is 30.5 Å². The van der Waals surface area contributed by atoms with Crippen LogP contribution in [0.15, 0.2) is 24.3 Å². The number of rotatable bonds is 13. The first kappa shape index (κ1) is 22.1. The van der Waals surface area contributed by atoms with Crippen LogP contribution in [0.1, 0.15) is 18.4 Å². The molecule has 3 rings (SSSR count). The molecule has 0 saturated carbocycles. The number of nitrogens with zero attached hydrogens (tertiary/aromatic N) is 4. The first-order chi connectivity index (χ1) is 14.7. The molecule has 0 aliphatic carbocycles. The Morgan fingerprint density at radius 3 is 2.27 bits per heavy atom. The summed E-state index contributed by atoms with van der Waals surface area (Å²) >= 11 is 0. The van der Waals surface area contributed by atoms with Gasteiger partial charge in [0.15, 0.2) is 0 Å². The van der Waals surface area contributed by atoms with Crippen LogP contribution in [0.5, 0.6) is 0 Å². The van der Waals surface area contributed by atoms with Crippen LogP contribution in [0.25, 0.3) is 0 Å². The monoisotopic (exact) mass is 419 g/mol. The van der Waals surface area contributed by atoms with Crippen molar-refractivity contribution in [3.63, 3.8) is 0 Å². The Labute approximate surface area is 176 Å². The van der Waals surface area contributed by atoms with Crippen molar-refractivity contribution in [2.45, 2.75) is 19.4 Å². The molecule has 1 aliphatic heterocycles. The molecule has 164 valence electrons. The molecule has 0 amide bonds. The van der Waals surface area contributed by atoms with Gasteiger partial charge in [-0.2, -0.15) is 15.0 Å². The Hall–Kier alpha value is -2.56. The minimum absolute atomic E-state index is 0.255. The Bertz CT molecular complexity index is 757. The molecule has 0 radical (unpaired) electrons. The van der Waals surface area contributed by atoms with Gasteiger partial charge in [0.2, 0.25) is 17.8 Å². The van der Waals surface area contributed by atoms with Gasteiger partial charge in [-0.25, -0.2) is 4.39 Å². The maximum Gasteiger partial charge on any atom is 0.231 e. The summed E-state index contributed by atoms with van der Waals surface area (Å²) < 4.78 is 23.9. The number of hydrogen-bond donors (Lipinski definition) is 3. The summed E-state index contributed by atoms with van der Waals surface area (Å²) in [5.74, 6) is 1.38. The van der Waals surface area contributed by atoms with Crippen molar-refractivity contribution in [3.05, 3.63) is 35.6 Å². The molecule has 9 nitrogen and oxygen atoms in total. The molecule has 0 bridgehead atoms. The zero-order valence-corrected chi connectivity index (χ0v) is 17.1. The van der Waals surface area contributed by atoms with Crippen molar-refractivity contribution >= 4 is 17.8 Å². The molecule has 0 unspecified atom stereocenters. The summed E-state index contributed by atoms with van der Waals surface area (Å²) in [7, 11) is 0. The number of ether oxygens (including phenoxy) is 2. The second-order valence-corrected chi connectivity index (χ2v) is 6.90. The first-order valence-electron chi connectivity index (χ1n) is 10.3. The lowest BCUT2D eigenvalue weighted by molar-refractivity contribution is 0.0547. The molecule has 10 heteroatoms. The standard InChI is InChI=1S/C20H30FN7O2/c21-17-5-3-16(4-6-17)15-24-19-25-18(23-8-12-30-14-13-29-11-7-22)26-20(27-19)28-9-1-2-10-28/h3-6H,1-2,7-15,22H2,(H2,23,24,25,26,27). The third-order valence-electron chi connectivity index (χ3n) is 4.54. The van der Waals surface area contributed by atoms with E-state index < -0.39 is 0 Å².